The summed E-state index contributed by atoms with van der Waals surface area (Å²) >= 11 is 0. The van der Waals surface area contributed by atoms with Crippen LogP contribution in [0.4, 0.5) is 0 Å². The van der Waals surface area contributed by atoms with E-state index in [4.69, 9.17) is 4.98 Å². The summed E-state index contributed by atoms with van der Waals surface area (Å²) < 4.78 is 2.39. The van der Waals surface area contributed by atoms with Gasteiger partial charge in [-0.3, -0.25) is 0 Å². The zero-order valence-electron chi connectivity index (χ0n) is 16.3. The van der Waals surface area contributed by atoms with Gasteiger partial charge in [-0.25, -0.2) is 4.98 Å². The van der Waals surface area contributed by atoms with E-state index in [2.05, 4.69) is 73.9 Å². The first-order valence-corrected chi connectivity index (χ1v) is 10.2. The monoisotopic (exact) mass is 346 g/mol. The molecule has 2 atom stereocenters. The molecular formula is C24H30N2. The van der Waals surface area contributed by atoms with E-state index in [9.17, 15) is 0 Å². The average Bonchev–Trinajstić information content (AvgIpc) is 3.02. The van der Waals surface area contributed by atoms with Crippen LogP contribution in [-0.4, -0.2) is 9.55 Å². The lowest BCUT2D eigenvalue weighted by Gasteiger charge is -2.29. The molecule has 4 rings (SSSR count). The molecule has 1 fully saturated rings. The molecule has 1 aromatic heterocycles. The first-order valence-electron chi connectivity index (χ1n) is 10.2. The van der Waals surface area contributed by atoms with Crippen LogP contribution in [0.25, 0.3) is 11.0 Å². The number of hydrogen-bond acceptors (Lipinski definition) is 1. The summed E-state index contributed by atoms with van der Waals surface area (Å²) in [7, 11) is 0. The third-order valence-corrected chi connectivity index (χ3v) is 6.06. The molecule has 1 heterocycles. The number of benzene rings is 2. The molecule has 0 saturated heterocycles. The third-order valence-electron chi connectivity index (χ3n) is 6.06. The number of nitrogens with zero attached hydrogens (tertiary/aromatic N) is 2. The van der Waals surface area contributed by atoms with Gasteiger partial charge in [0, 0.05) is 12.5 Å². The minimum atomic E-state index is 0.421. The van der Waals surface area contributed by atoms with Crippen LogP contribution in [0.15, 0.2) is 48.5 Å². The molecular weight excluding hydrogens is 316 g/mol. The van der Waals surface area contributed by atoms with Gasteiger partial charge in [0.2, 0.25) is 0 Å². The van der Waals surface area contributed by atoms with Gasteiger partial charge in [-0.15, -0.1) is 0 Å². The Hall–Kier alpha value is -2.09. The molecule has 0 radical (unpaired) electrons. The van der Waals surface area contributed by atoms with Crippen LogP contribution < -0.4 is 0 Å². The quantitative estimate of drug-likeness (QED) is 0.527. The van der Waals surface area contributed by atoms with Gasteiger partial charge in [0.05, 0.1) is 11.0 Å². The Morgan fingerprint density at radius 2 is 1.73 bits per heavy atom. The third kappa shape index (κ3) is 3.30. The molecule has 26 heavy (non-hydrogen) atoms. The van der Waals surface area contributed by atoms with E-state index < -0.39 is 0 Å². The van der Waals surface area contributed by atoms with Crippen molar-refractivity contribution >= 4 is 11.0 Å². The van der Waals surface area contributed by atoms with Gasteiger partial charge >= 0.3 is 0 Å². The Bertz CT molecular complexity index is 873. The van der Waals surface area contributed by atoms with Crippen molar-refractivity contribution in [1.29, 1.82) is 0 Å². The molecule has 2 unspecified atom stereocenters. The Kier molecular flexibility index (Phi) is 4.84. The van der Waals surface area contributed by atoms with Crippen LogP contribution in [0.5, 0.6) is 0 Å². The Morgan fingerprint density at radius 1 is 1.00 bits per heavy atom. The fourth-order valence-electron chi connectivity index (χ4n) is 4.57. The molecule has 1 aliphatic rings. The fourth-order valence-corrected chi connectivity index (χ4v) is 4.57. The molecule has 1 saturated carbocycles. The average molecular weight is 347 g/mol. The molecule has 0 bridgehead atoms. The van der Waals surface area contributed by atoms with Crippen LogP contribution in [0.1, 0.15) is 75.2 Å². The van der Waals surface area contributed by atoms with Crippen molar-refractivity contribution in [2.45, 2.75) is 64.8 Å². The Labute approximate surface area is 157 Å². The maximum Gasteiger partial charge on any atom is 0.112 e. The first-order chi connectivity index (χ1) is 12.6. The number of rotatable bonds is 4. The summed E-state index contributed by atoms with van der Waals surface area (Å²) in [4.78, 5) is 4.87. The number of hydrogen-bond donors (Lipinski definition) is 0. The predicted molar refractivity (Wildman–Crippen MR) is 110 cm³/mol. The highest BCUT2D eigenvalue weighted by Gasteiger charge is 2.22. The molecule has 2 heteroatoms. The minimum absolute atomic E-state index is 0.421. The summed E-state index contributed by atoms with van der Waals surface area (Å²) in [6.07, 6.45) is 5.52. The van der Waals surface area contributed by atoms with Crippen molar-refractivity contribution in [2.24, 2.45) is 5.92 Å². The lowest BCUT2D eigenvalue weighted by atomic mass is 9.76. The van der Waals surface area contributed by atoms with Crippen LogP contribution in [0.2, 0.25) is 0 Å². The van der Waals surface area contributed by atoms with Gasteiger partial charge in [0.15, 0.2) is 0 Å². The highest BCUT2D eigenvalue weighted by Crippen LogP contribution is 2.37. The largest absolute Gasteiger partial charge is 0.323 e. The van der Waals surface area contributed by atoms with E-state index in [0.29, 0.717) is 5.92 Å². The van der Waals surface area contributed by atoms with Crippen molar-refractivity contribution in [1.82, 2.24) is 9.55 Å². The van der Waals surface area contributed by atoms with Crippen molar-refractivity contribution in [3.05, 3.63) is 65.5 Å². The van der Waals surface area contributed by atoms with Gasteiger partial charge in [0.1, 0.15) is 5.82 Å². The molecule has 136 valence electrons. The van der Waals surface area contributed by atoms with Gasteiger partial charge in [-0.05, 0) is 41.5 Å². The lowest BCUT2D eigenvalue weighted by Crippen LogP contribution is -2.14. The normalized spacial score (nSPS) is 20.8. The van der Waals surface area contributed by atoms with E-state index >= 15 is 0 Å². The number of imidazole rings is 1. The van der Waals surface area contributed by atoms with E-state index in [1.165, 1.54) is 48.2 Å². The molecule has 0 amide bonds. The lowest BCUT2D eigenvalue weighted by molar-refractivity contribution is 0.330. The van der Waals surface area contributed by atoms with E-state index in [1.807, 2.05) is 0 Å². The summed E-state index contributed by atoms with van der Waals surface area (Å²) in [5.41, 5.74) is 5.23. The smallest absolute Gasteiger partial charge is 0.112 e. The minimum Gasteiger partial charge on any atom is -0.323 e. The first kappa shape index (κ1) is 17.3. The Morgan fingerprint density at radius 3 is 2.46 bits per heavy atom. The Balaban J connectivity index is 1.62. The maximum absolute atomic E-state index is 4.87. The molecule has 0 spiro atoms. The highest BCUT2D eigenvalue weighted by molar-refractivity contribution is 5.76. The summed E-state index contributed by atoms with van der Waals surface area (Å²) in [5.74, 6) is 3.17. The van der Waals surface area contributed by atoms with E-state index in [1.54, 1.807) is 0 Å². The fraction of sp³-hybridized carbons (Fsp3) is 0.458. The van der Waals surface area contributed by atoms with Crippen LogP contribution in [0.3, 0.4) is 0 Å². The van der Waals surface area contributed by atoms with Crippen LogP contribution in [-0.2, 0) is 6.54 Å². The van der Waals surface area contributed by atoms with Crippen molar-refractivity contribution in [2.75, 3.05) is 0 Å². The summed E-state index contributed by atoms with van der Waals surface area (Å²) in [5, 5.41) is 0. The summed E-state index contributed by atoms with van der Waals surface area (Å²) in [6.45, 7) is 7.77. The predicted octanol–water partition coefficient (Wildman–Crippen LogP) is 6.50. The molecule has 0 aliphatic heterocycles. The van der Waals surface area contributed by atoms with Crippen molar-refractivity contribution in [3.8, 4) is 0 Å². The molecule has 2 nitrogen and oxygen atoms in total. The summed E-state index contributed by atoms with van der Waals surface area (Å²) in [6, 6.07) is 17.9. The van der Waals surface area contributed by atoms with Gasteiger partial charge in [0.25, 0.3) is 0 Å². The second-order valence-corrected chi connectivity index (χ2v) is 8.31. The second-order valence-electron chi connectivity index (χ2n) is 8.31. The molecule has 0 N–H and O–H groups in total. The van der Waals surface area contributed by atoms with Gasteiger partial charge in [-0.1, -0.05) is 76.4 Å². The molecule has 3 aromatic rings. The number of aromatic nitrogens is 2. The zero-order valence-corrected chi connectivity index (χ0v) is 16.3. The van der Waals surface area contributed by atoms with Crippen LogP contribution >= 0.6 is 0 Å². The zero-order chi connectivity index (χ0) is 18.1. The SMILES string of the molecule is CC(C)c1nc2ccccc2n1Cc1ccc(C2CCCCC2C)cc1. The second kappa shape index (κ2) is 7.26. The van der Waals surface area contributed by atoms with E-state index in [0.717, 1.165) is 23.9 Å². The van der Waals surface area contributed by atoms with Crippen molar-refractivity contribution < 1.29 is 0 Å². The van der Waals surface area contributed by atoms with Gasteiger partial charge < -0.3 is 4.57 Å². The van der Waals surface area contributed by atoms with E-state index in [-0.39, 0.29) is 0 Å². The number of para-hydroxylation sites is 2. The molecule has 2 aromatic carbocycles. The molecule has 1 aliphatic carbocycles. The maximum atomic E-state index is 4.87. The standard InChI is InChI=1S/C24H30N2/c1-17(2)24-25-22-10-6-7-11-23(22)26(24)16-19-12-14-20(15-13-19)21-9-5-4-8-18(21)3/h6-7,10-15,17-18,21H,4-5,8-9,16H2,1-3H3. The highest BCUT2D eigenvalue weighted by atomic mass is 15.1. The topological polar surface area (TPSA) is 17.8 Å². The van der Waals surface area contributed by atoms with Gasteiger partial charge in [-0.2, -0.15) is 0 Å². The number of fused-ring (bicyclic) bond motifs is 1. The van der Waals surface area contributed by atoms with Crippen molar-refractivity contribution in [3.63, 3.8) is 0 Å². The van der Waals surface area contributed by atoms with Crippen LogP contribution in [0, 0.1) is 5.92 Å².